The van der Waals surface area contributed by atoms with Crippen LogP contribution in [0.25, 0.3) is 0 Å². The van der Waals surface area contributed by atoms with Crippen LogP contribution in [-0.4, -0.2) is 49.3 Å². The van der Waals surface area contributed by atoms with Crippen molar-refractivity contribution in [1.82, 2.24) is 10.2 Å². The monoisotopic (exact) mass is 395 g/mol. The smallest absolute Gasteiger partial charge is 0.317 e. The van der Waals surface area contributed by atoms with Gasteiger partial charge in [-0.05, 0) is 49.3 Å². The number of aliphatic hydroxyl groups is 1. The first kappa shape index (κ1) is 21.2. The minimum absolute atomic E-state index is 0.0223. The van der Waals surface area contributed by atoms with Crippen molar-refractivity contribution < 1.29 is 9.90 Å². The van der Waals surface area contributed by atoms with Crippen molar-refractivity contribution in [1.29, 1.82) is 0 Å². The van der Waals surface area contributed by atoms with E-state index in [0.717, 1.165) is 37.8 Å². The Morgan fingerprint density at radius 2 is 1.69 bits per heavy atom. The molecule has 1 aliphatic rings. The zero-order valence-corrected chi connectivity index (χ0v) is 17.3. The Labute approximate surface area is 174 Å². The fraction of sp³-hybridized carbons (Fsp3) is 0.458. The quantitative estimate of drug-likeness (QED) is 0.663. The molecule has 29 heavy (non-hydrogen) atoms. The van der Waals surface area contributed by atoms with Gasteiger partial charge < -0.3 is 20.2 Å². The van der Waals surface area contributed by atoms with E-state index in [9.17, 15) is 9.90 Å². The maximum atomic E-state index is 12.4. The van der Waals surface area contributed by atoms with Gasteiger partial charge in [0.1, 0.15) is 0 Å². The van der Waals surface area contributed by atoms with E-state index in [4.69, 9.17) is 0 Å². The number of rotatable bonds is 8. The molecule has 1 fully saturated rings. The molecule has 1 aliphatic heterocycles. The lowest BCUT2D eigenvalue weighted by atomic mass is 9.87. The van der Waals surface area contributed by atoms with Crippen LogP contribution in [0, 0.1) is 5.92 Å². The molecule has 1 atom stereocenters. The summed E-state index contributed by atoms with van der Waals surface area (Å²) in [5, 5.41) is 13.6. The Morgan fingerprint density at radius 1 is 1.07 bits per heavy atom. The van der Waals surface area contributed by atoms with Crippen LogP contribution in [0.2, 0.25) is 0 Å². The molecular formula is C24H33N3O2. The number of hydrogen-bond donors (Lipinski definition) is 2. The van der Waals surface area contributed by atoms with E-state index in [0.29, 0.717) is 19.6 Å². The highest BCUT2D eigenvalue weighted by Gasteiger charge is 2.28. The lowest BCUT2D eigenvalue weighted by Gasteiger charge is -2.34. The Hall–Kier alpha value is -2.53. The van der Waals surface area contributed by atoms with Crippen LogP contribution >= 0.6 is 0 Å². The largest absolute Gasteiger partial charge is 0.388 e. The number of nitrogens with one attached hydrogen (secondary N) is 1. The average Bonchev–Trinajstić information content (AvgIpc) is 2.79. The molecule has 2 aromatic carbocycles. The van der Waals surface area contributed by atoms with Gasteiger partial charge in [0.2, 0.25) is 0 Å². The minimum atomic E-state index is -0.442. The van der Waals surface area contributed by atoms with E-state index < -0.39 is 6.10 Å². The van der Waals surface area contributed by atoms with Gasteiger partial charge in [-0.15, -0.1) is 0 Å². The van der Waals surface area contributed by atoms with Crippen molar-refractivity contribution in [2.45, 2.75) is 31.8 Å². The van der Waals surface area contributed by atoms with Gasteiger partial charge in [0, 0.05) is 38.9 Å². The highest BCUT2D eigenvalue weighted by molar-refractivity contribution is 5.74. The second kappa shape index (κ2) is 10.9. The fourth-order valence-electron chi connectivity index (χ4n) is 3.93. The SMILES string of the molecule is CN(CCCCNC(=O)N1CCC(C(O)c2ccccc2)CC1)c1ccccc1. The van der Waals surface area contributed by atoms with Crippen LogP contribution < -0.4 is 10.2 Å². The molecule has 0 bridgehead atoms. The average molecular weight is 396 g/mol. The summed E-state index contributed by atoms with van der Waals surface area (Å²) >= 11 is 0. The summed E-state index contributed by atoms with van der Waals surface area (Å²) in [5.74, 6) is 0.218. The predicted molar refractivity (Wildman–Crippen MR) is 118 cm³/mol. The summed E-state index contributed by atoms with van der Waals surface area (Å²) in [6.45, 7) is 3.09. The Bertz CT molecular complexity index is 730. The van der Waals surface area contributed by atoms with E-state index in [1.54, 1.807) is 0 Å². The second-order valence-corrected chi connectivity index (χ2v) is 7.88. The Morgan fingerprint density at radius 3 is 2.34 bits per heavy atom. The molecular weight excluding hydrogens is 362 g/mol. The van der Waals surface area contributed by atoms with Crippen LogP contribution in [-0.2, 0) is 0 Å². The number of unbranched alkanes of at least 4 members (excludes halogenated alkanes) is 1. The number of benzene rings is 2. The number of urea groups is 1. The van der Waals surface area contributed by atoms with Crippen molar-refractivity contribution in [2.75, 3.05) is 38.1 Å². The minimum Gasteiger partial charge on any atom is -0.388 e. The standard InChI is InChI=1S/C24H33N3O2/c1-26(22-12-6-3-7-13-22)17-9-8-16-25-24(29)27-18-14-21(15-19-27)23(28)20-10-4-2-5-11-20/h2-7,10-13,21,23,28H,8-9,14-19H2,1H3,(H,25,29). The Balaban J connectivity index is 1.31. The zero-order valence-electron chi connectivity index (χ0n) is 17.3. The molecule has 1 saturated heterocycles. The maximum Gasteiger partial charge on any atom is 0.317 e. The highest BCUT2D eigenvalue weighted by Crippen LogP contribution is 2.30. The highest BCUT2D eigenvalue weighted by atomic mass is 16.3. The third kappa shape index (κ3) is 6.23. The third-order valence-corrected chi connectivity index (χ3v) is 5.81. The number of para-hydroxylation sites is 1. The van der Waals surface area contributed by atoms with Crippen LogP contribution in [0.5, 0.6) is 0 Å². The van der Waals surface area contributed by atoms with E-state index in [1.807, 2.05) is 53.4 Å². The summed E-state index contributed by atoms with van der Waals surface area (Å²) < 4.78 is 0. The number of amides is 2. The van der Waals surface area contributed by atoms with Crippen LogP contribution in [0.3, 0.4) is 0 Å². The van der Waals surface area contributed by atoms with Crippen molar-refractivity contribution in [3.8, 4) is 0 Å². The summed E-state index contributed by atoms with van der Waals surface area (Å²) in [4.78, 5) is 16.5. The van der Waals surface area contributed by atoms with Gasteiger partial charge in [0.25, 0.3) is 0 Å². The molecule has 0 radical (unpaired) electrons. The lowest BCUT2D eigenvalue weighted by Crippen LogP contribution is -2.45. The third-order valence-electron chi connectivity index (χ3n) is 5.81. The zero-order chi connectivity index (χ0) is 20.5. The van der Waals surface area contributed by atoms with Crippen molar-refractivity contribution >= 4 is 11.7 Å². The van der Waals surface area contributed by atoms with Gasteiger partial charge in [-0.3, -0.25) is 0 Å². The first-order chi connectivity index (χ1) is 14.1. The molecule has 0 aliphatic carbocycles. The van der Waals surface area contributed by atoms with E-state index in [1.165, 1.54) is 5.69 Å². The van der Waals surface area contributed by atoms with Gasteiger partial charge in [-0.2, -0.15) is 0 Å². The molecule has 156 valence electrons. The topological polar surface area (TPSA) is 55.8 Å². The summed E-state index contributed by atoms with van der Waals surface area (Å²) in [5.41, 5.74) is 2.19. The second-order valence-electron chi connectivity index (χ2n) is 7.88. The van der Waals surface area contributed by atoms with Gasteiger partial charge in [-0.25, -0.2) is 4.79 Å². The number of anilines is 1. The van der Waals surface area contributed by atoms with E-state index in [2.05, 4.69) is 29.4 Å². The summed E-state index contributed by atoms with van der Waals surface area (Å²) in [6, 6.07) is 20.2. The van der Waals surface area contributed by atoms with Gasteiger partial charge >= 0.3 is 6.03 Å². The van der Waals surface area contributed by atoms with Crippen LogP contribution in [0.4, 0.5) is 10.5 Å². The van der Waals surface area contributed by atoms with Crippen molar-refractivity contribution in [3.63, 3.8) is 0 Å². The van der Waals surface area contributed by atoms with Crippen molar-refractivity contribution in [2.24, 2.45) is 5.92 Å². The number of hydrogen-bond acceptors (Lipinski definition) is 3. The first-order valence-electron chi connectivity index (χ1n) is 10.7. The van der Waals surface area contributed by atoms with Crippen LogP contribution in [0.1, 0.15) is 37.4 Å². The number of carbonyl (C=O) groups is 1. The molecule has 3 rings (SSSR count). The van der Waals surface area contributed by atoms with Gasteiger partial charge in [0.05, 0.1) is 6.10 Å². The number of likely N-dealkylation sites (tertiary alicyclic amines) is 1. The molecule has 0 aromatic heterocycles. The van der Waals surface area contributed by atoms with Gasteiger partial charge in [-0.1, -0.05) is 48.5 Å². The number of nitrogens with zero attached hydrogens (tertiary/aromatic N) is 2. The molecule has 2 aromatic rings. The first-order valence-corrected chi connectivity index (χ1v) is 10.7. The van der Waals surface area contributed by atoms with E-state index in [-0.39, 0.29) is 11.9 Å². The summed E-state index contributed by atoms with van der Waals surface area (Å²) in [7, 11) is 2.10. The number of piperidine rings is 1. The van der Waals surface area contributed by atoms with Crippen LogP contribution in [0.15, 0.2) is 60.7 Å². The predicted octanol–water partition coefficient (Wildman–Crippen LogP) is 4.06. The Kier molecular flexibility index (Phi) is 7.94. The normalized spacial score (nSPS) is 15.7. The molecule has 5 heteroatoms. The molecule has 1 unspecified atom stereocenters. The number of aliphatic hydroxyl groups excluding tert-OH is 1. The molecule has 2 amide bonds. The van der Waals surface area contributed by atoms with Gasteiger partial charge in [0.15, 0.2) is 0 Å². The number of carbonyl (C=O) groups excluding carboxylic acids is 1. The fourth-order valence-corrected chi connectivity index (χ4v) is 3.93. The molecule has 0 spiro atoms. The van der Waals surface area contributed by atoms with E-state index >= 15 is 0 Å². The summed E-state index contributed by atoms with van der Waals surface area (Å²) in [6.07, 6.45) is 3.24. The lowest BCUT2D eigenvalue weighted by molar-refractivity contribution is 0.0665. The molecule has 2 N–H and O–H groups in total. The molecule has 0 saturated carbocycles. The molecule has 5 nitrogen and oxygen atoms in total. The maximum absolute atomic E-state index is 12.4. The van der Waals surface area contributed by atoms with Crippen molar-refractivity contribution in [3.05, 3.63) is 66.2 Å². The molecule has 1 heterocycles.